The molecule has 13 heavy (non-hydrogen) atoms. The average molecular weight is 185 g/mol. The molecule has 0 aliphatic rings. The highest BCUT2D eigenvalue weighted by Gasteiger charge is 2.16. The van der Waals surface area contributed by atoms with Crippen molar-refractivity contribution in [2.24, 2.45) is 0 Å². The monoisotopic (exact) mass is 185 g/mol. The fraction of sp³-hybridized carbons (Fsp3) is 0.700. The highest BCUT2D eigenvalue weighted by molar-refractivity contribution is 5.73. The van der Waals surface area contributed by atoms with Crippen LogP contribution in [0.1, 0.15) is 33.1 Å². The van der Waals surface area contributed by atoms with Crippen molar-refractivity contribution < 1.29 is 9.90 Å². The standard InChI is InChI=1S/C10H19NO2/c1-4-6-7-9(10(12)13)11-8(3)5-2/h5,8-9,11H,2,4,6-7H2,1,3H3,(H,12,13). The summed E-state index contributed by atoms with van der Waals surface area (Å²) in [7, 11) is 0. The van der Waals surface area contributed by atoms with Crippen molar-refractivity contribution in [3.05, 3.63) is 12.7 Å². The van der Waals surface area contributed by atoms with Gasteiger partial charge in [0.1, 0.15) is 6.04 Å². The van der Waals surface area contributed by atoms with Gasteiger partial charge in [0, 0.05) is 6.04 Å². The number of hydrogen-bond donors (Lipinski definition) is 2. The SMILES string of the molecule is C=CC(C)NC(CCCC)C(=O)O. The number of carboxylic acids is 1. The Morgan fingerprint density at radius 2 is 2.31 bits per heavy atom. The summed E-state index contributed by atoms with van der Waals surface area (Å²) >= 11 is 0. The second kappa shape index (κ2) is 6.66. The molecule has 0 aromatic heterocycles. The van der Waals surface area contributed by atoms with Crippen molar-refractivity contribution in [3.63, 3.8) is 0 Å². The Balaban J connectivity index is 3.94. The Bertz CT molecular complexity index is 168. The molecule has 0 fully saturated rings. The number of hydrogen-bond acceptors (Lipinski definition) is 2. The highest BCUT2D eigenvalue weighted by Crippen LogP contribution is 2.02. The normalized spacial score (nSPS) is 14.9. The number of rotatable bonds is 7. The van der Waals surface area contributed by atoms with Gasteiger partial charge in [-0.15, -0.1) is 6.58 Å². The lowest BCUT2D eigenvalue weighted by molar-refractivity contribution is -0.139. The van der Waals surface area contributed by atoms with Crippen LogP contribution in [-0.2, 0) is 4.79 Å². The second-order valence-electron chi connectivity index (χ2n) is 3.22. The summed E-state index contributed by atoms with van der Waals surface area (Å²) < 4.78 is 0. The van der Waals surface area contributed by atoms with Gasteiger partial charge in [-0.2, -0.15) is 0 Å². The molecule has 0 saturated heterocycles. The van der Waals surface area contributed by atoms with Crippen LogP contribution in [0, 0.1) is 0 Å². The molecule has 0 aliphatic carbocycles. The second-order valence-corrected chi connectivity index (χ2v) is 3.22. The van der Waals surface area contributed by atoms with E-state index in [1.165, 1.54) is 0 Å². The van der Waals surface area contributed by atoms with E-state index in [0.29, 0.717) is 6.42 Å². The minimum absolute atomic E-state index is 0.0537. The Kier molecular flexibility index (Phi) is 6.24. The van der Waals surface area contributed by atoms with Crippen LogP contribution in [0.25, 0.3) is 0 Å². The Morgan fingerprint density at radius 1 is 1.69 bits per heavy atom. The fourth-order valence-electron chi connectivity index (χ4n) is 1.07. The number of nitrogens with one attached hydrogen (secondary N) is 1. The van der Waals surface area contributed by atoms with Gasteiger partial charge in [0.25, 0.3) is 0 Å². The third kappa shape index (κ3) is 5.42. The molecule has 0 rings (SSSR count). The Labute approximate surface area is 79.8 Å². The molecule has 2 atom stereocenters. The molecule has 2 unspecified atom stereocenters. The molecule has 76 valence electrons. The van der Waals surface area contributed by atoms with Gasteiger partial charge < -0.3 is 5.11 Å². The third-order valence-electron chi connectivity index (χ3n) is 1.96. The van der Waals surface area contributed by atoms with Gasteiger partial charge in [0.05, 0.1) is 0 Å². The van der Waals surface area contributed by atoms with Crippen molar-refractivity contribution in [3.8, 4) is 0 Å². The number of aliphatic carboxylic acids is 1. The Hall–Kier alpha value is -0.830. The molecule has 3 nitrogen and oxygen atoms in total. The minimum Gasteiger partial charge on any atom is -0.480 e. The van der Waals surface area contributed by atoms with Crippen LogP contribution in [0.15, 0.2) is 12.7 Å². The fourth-order valence-corrected chi connectivity index (χ4v) is 1.07. The predicted octanol–water partition coefficient (Wildman–Crippen LogP) is 1.79. The maximum Gasteiger partial charge on any atom is 0.320 e. The average Bonchev–Trinajstić information content (AvgIpc) is 2.11. The highest BCUT2D eigenvalue weighted by atomic mass is 16.4. The number of carboxylic acid groups (broad SMARTS) is 1. The predicted molar refractivity (Wildman–Crippen MR) is 53.7 cm³/mol. The zero-order chi connectivity index (χ0) is 10.3. The molecule has 0 radical (unpaired) electrons. The third-order valence-corrected chi connectivity index (χ3v) is 1.96. The lowest BCUT2D eigenvalue weighted by Gasteiger charge is -2.17. The van der Waals surface area contributed by atoms with Gasteiger partial charge in [0.15, 0.2) is 0 Å². The van der Waals surface area contributed by atoms with Crippen LogP contribution in [0.3, 0.4) is 0 Å². The zero-order valence-electron chi connectivity index (χ0n) is 8.42. The molecular formula is C10H19NO2. The van der Waals surface area contributed by atoms with E-state index in [2.05, 4.69) is 18.8 Å². The van der Waals surface area contributed by atoms with Crippen LogP contribution >= 0.6 is 0 Å². The van der Waals surface area contributed by atoms with E-state index in [-0.39, 0.29) is 6.04 Å². The van der Waals surface area contributed by atoms with Crippen LogP contribution in [0.5, 0.6) is 0 Å². The van der Waals surface area contributed by atoms with Crippen LogP contribution in [0.4, 0.5) is 0 Å². The van der Waals surface area contributed by atoms with Gasteiger partial charge in [-0.25, -0.2) is 0 Å². The first-order valence-electron chi connectivity index (χ1n) is 4.73. The van der Waals surface area contributed by atoms with Crippen molar-refractivity contribution in [2.75, 3.05) is 0 Å². The maximum absolute atomic E-state index is 10.8. The largest absolute Gasteiger partial charge is 0.480 e. The number of unbranched alkanes of at least 4 members (excludes halogenated alkanes) is 1. The van der Waals surface area contributed by atoms with Crippen molar-refractivity contribution in [1.82, 2.24) is 5.32 Å². The minimum atomic E-state index is -0.776. The first-order valence-corrected chi connectivity index (χ1v) is 4.73. The van der Waals surface area contributed by atoms with E-state index in [1.54, 1.807) is 6.08 Å². The molecule has 0 spiro atoms. The van der Waals surface area contributed by atoms with Gasteiger partial charge >= 0.3 is 5.97 Å². The first-order chi connectivity index (χ1) is 6.11. The summed E-state index contributed by atoms with van der Waals surface area (Å²) in [6.07, 6.45) is 4.35. The van der Waals surface area contributed by atoms with Crippen molar-refractivity contribution in [1.29, 1.82) is 0 Å². The zero-order valence-corrected chi connectivity index (χ0v) is 8.42. The molecule has 0 aromatic carbocycles. The van der Waals surface area contributed by atoms with Gasteiger partial charge in [-0.3, -0.25) is 10.1 Å². The number of carbonyl (C=O) groups is 1. The molecule has 0 saturated carbocycles. The van der Waals surface area contributed by atoms with Crippen molar-refractivity contribution >= 4 is 5.97 Å². The topological polar surface area (TPSA) is 49.3 Å². The van der Waals surface area contributed by atoms with E-state index in [9.17, 15) is 4.79 Å². The maximum atomic E-state index is 10.8. The van der Waals surface area contributed by atoms with E-state index in [4.69, 9.17) is 5.11 Å². The molecule has 0 aliphatic heterocycles. The summed E-state index contributed by atoms with van der Waals surface area (Å²) in [5, 5.41) is 11.8. The van der Waals surface area contributed by atoms with E-state index >= 15 is 0 Å². The van der Waals surface area contributed by atoms with Gasteiger partial charge in [-0.1, -0.05) is 25.8 Å². The lowest BCUT2D eigenvalue weighted by atomic mass is 10.1. The molecule has 2 N–H and O–H groups in total. The summed E-state index contributed by atoms with van der Waals surface area (Å²) in [6, 6.07) is -0.383. The first kappa shape index (κ1) is 12.2. The lowest BCUT2D eigenvalue weighted by Crippen LogP contribution is -2.41. The van der Waals surface area contributed by atoms with Gasteiger partial charge in [0.2, 0.25) is 0 Å². The molecule has 0 amide bonds. The quantitative estimate of drug-likeness (QED) is 0.594. The molecule has 0 heterocycles. The molecule has 0 bridgehead atoms. The molecular weight excluding hydrogens is 166 g/mol. The van der Waals surface area contributed by atoms with Crippen LogP contribution in [-0.4, -0.2) is 23.2 Å². The van der Waals surface area contributed by atoms with E-state index in [1.807, 2.05) is 6.92 Å². The summed E-state index contributed by atoms with van der Waals surface area (Å²) in [6.45, 7) is 7.55. The summed E-state index contributed by atoms with van der Waals surface area (Å²) in [5.74, 6) is -0.776. The van der Waals surface area contributed by atoms with Gasteiger partial charge in [-0.05, 0) is 13.3 Å². The Morgan fingerprint density at radius 3 is 2.69 bits per heavy atom. The smallest absolute Gasteiger partial charge is 0.320 e. The van der Waals surface area contributed by atoms with E-state index in [0.717, 1.165) is 12.8 Å². The van der Waals surface area contributed by atoms with E-state index < -0.39 is 12.0 Å². The van der Waals surface area contributed by atoms with Crippen LogP contribution < -0.4 is 5.32 Å². The molecule has 0 aromatic rings. The van der Waals surface area contributed by atoms with Crippen molar-refractivity contribution in [2.45, 2.75) is 45.2 Å². The van der Waals surface area contributed by atoms with Crippen LogP contribution in [0.2, 0.25) is 0 Å². The summed E-state index contributed by atoms with van der Waals surface area (Å²) in [4.78, 5) is 10.8. The molecule has 3 heteroatoms. The summed E-state index contributed by atoms with van der Waals surface area (Å²) in [5.41, 5.74) is 0.